The standard InChI is InChI=1S/C8H16BF3N.K/c1-7-4-3-5-13(8(7)2)6-9(10,11)12;/h7-8H,3-6H2,1-2H3;/q-1;+1. The molecular weight excluding hydrogens is 217 g/mol. The largest absolute Gasteiger partial charge is 1.00 e. The molecule has 0 aromatic heterocycles. The molecule has 0 saturated carbocycles. The monoisotopic (exact) mass is 233 g/mol. The molecule has 1 rings (SSSR count). The minimum absolute atomic E-state index is 0. The van der Waals surface area contributed by atoms with Gasteiger partial charge in [-0.15, -0.1) is 0 Å². The Labute approximate surface area is 126 Å². The molecule has 2 unspecified atom stereocenters. The van der Waals surface area contributed by atoms with Crippen molar-refractivity contribution >= 4 is 6.98 Å². The van der Waals surface area contributed by atoms with Crippen molar-refractivity contribution in [3.63, 3.8) is 0 Å². The Morgan fingerprint density at radius 3 is 2.36 bits per heavy atom. The van der Waals surface area contributed by atoms with Gasteiger partial charge in [-0.2, -0.15) is 0 Å². The topological polar surface area (TPSA) is 3.24 Å². The van der Waals surface area contributed by atoms with E-state index >= 15 is 0 Å². The summed E-state index contributed by atoms with van der Waals surface area (Å²) >= 11 is 0. The molecule has 0 bridgehead atoms. The Balaban J connectivity index is 0.00000169. The molecule has 0 aromatic rings. The van der Waals surface area contributed by atoms with E-state index in [1.165, 1.54) is 0 Å². The molecule has 14 heavy (non-hydrogen) atoms. The van der Waals surface area contributed by atoms with Crippen LogP contribution in [-0.4, -0.2) is 30.9 Å². The molecule has 1 aliphatic rings. The molecule has 0 spiro atoms. The average molecular weight is 233 g/mol. The van der Waals surface area contributed by atoms with Crippen molar-refractivity contribution in [2.45, 2.75) is 32.7 Å². The molecule has 0 amide bonds. The third-order valence-corrected chi connectivity index (χ3v) is 2.95. The number of rotatable bonds is 2. The van der Waals surface area contributed by atoms with Crippen molar-refractivity contribution in [1.82, 2.24) is 4.90 Å². The summed E-state index contributed by atoms with van der Waals surface area (Å²) in [4.78, 5) is 1.56. The Morgan fingerprint density at radius 2 is 1.86 bits per heavy atom. The maximum Gasteiger partial charge on any atom is 1.00 e. The van der Waals surface area contributed by atoms with Crippen molar-refractivity contribution < 1.29 is 64.3 Å². The van der Waals surface area contributed by atoms with E-state index in [1.54, 1.807) is 4.90 Å². The van der Waals surface area contributed by atoms with Gasteiger partial charge >= 0.3 is 58.4 Å². The molecule has 1 heterocycles. The molecule has 78 valence electrons. The first-order chi connectivity index (χ1) is 5.90. The fourth-order valence-electron chi connectivity index (χ4n) is 1.94. The van der Waals surface area contributed by atoms with Crippen LogP contribution in [0.4, 0.5) is 12.9 Å². The summed E-state index contributed by atoms with van der Waals surface area (Å²) in [6.07, 6.45) is 1.27. The van der Waals surface area contributed by atoms with Gasteiger partial charge in [0.05, 0.1) is 0 Å². The molecule has 6 heteroatoms. The third-order valence-electron chi connectivity index (χ3n) is 2.95. The van der Waals surface area contributed by atoms with Crippen LogP contribution >= 0.6 is 0 Å². The van der Waals surface area contributed by atoms with Crippen LogP contribution in [0.15, 0.2) is 0 Å². The first-order valence-electron chi connectivity index (χ1n) is 4.85. The normalized spacial score (nSPS) is 29.8. The molecule has 0 aliphatic carbocycles. The average Bonchev–Trinajstić information content (AvgIpc) is 1.96. The van der Waals surface area contributed by atoms with Crippen molar-refractivity contribution in [3.8, 4) is 0 Å². The van der Waals surface area contributed by atoms with Gasteiger partial charge in [0.1, 0.15) is 0 Å². The van der Waals surface area contributed by atoms with Crippen LogP contribution in [0.1, 0.15) is 26.7 Å². The van der Waals surface area contributed by atoms with Crippen LogP contribution in [-0.2, 0) is 0 Å². The maximum absolute atomic E-state index is 12.2. The summed E-state index contributed by atoms with van der Waals surface area (Å²) in [5, 5.41) is 0. The molecule has 0 N–H and O–H groups in total. The van der Waals surface area contributed by atoms with Gasteiger partial charge < -0.3 is 17.8 Å². The summed E-state index contributed by atoms with van der Waals surface area (Å²) in [6.45, 7) is -0.127. The summed E-state index contributed by atoms with van der Waals surface area (Å²) < 4.78 is 36.5. The summed E-state index contributed by atoms with van der Waals surface area (Å²) in [5.74, 6) is 0.395. The molecule has 2 atom stereocenters. The van der Waals surface area contributed by atoms with Gasteiger partial charge in [0.25, 0.3) is 0 Å². The zero-order chi connectivity index (χ0) is 10.1. The molecule has 0 aromatic carbocycles. The van der Waals surface area contributed by atoms with E-state index in [-0.39, 0.29) is 57.4 Å². The van der Waals surface area contributed by atoms with Gasteiger partial charge in [-0.3, -0.25) is 0 Å². The van der Waals surface area contributed by atoms with E-state index in [2.05, 4.69) is 0 Å². The fraction of sp³-hybridized carbons (Fsp3) is 1.00. The van der Waals surface area contributed by atoms with Gasteiger partial charge in [0.15, 0.2) is 0 Å². The fourth-order valence-corrected chi connectivity index (χ4v) is 1.94. The minimum Gasteiger partial charge on any atom is -0.448 e. The van der Waals surface area contributed by atoms with E-state index in [1.807, 2.05) is 13.8 Å². The van der Waals surface area contributed by atoms with Crippen LogP contribution in [0, 0.1) is 5.92 Å². The van der Waals surface area contributed by atoms with Gasteiger partial charge in [-0.1, -0.05) is 6.92 Å². The van der Waals surface area contributed by atoms with E-state index < -0.39 is 13.4 Å². The quantitative estimate of drug-likeness (QED) is 0.581. The molecule has 1 saturated heterocycles. The molecule has 1 aliphatic heterocycles. The number of nitrogens with zero attached hydrogens (tertiary/aromatic N) is 1. The van der Waals surface area contributed by atoms with Crippen molar-refractivity contribution in [2.75, 3.05) is 13.0 Å². The van der Waals surface area contributed by atoms with Gasteiger partial charge in [-0.05, 0) is 38.7 Å². The predicted molar refractivity (Wildman–Crippen MR) is 48.5 cm³/mol. The first kappa shape index (κ1) is 15.5. The molecule has 1 fully saturated rings. The number of hydrogen-bond donors (Lipinski definition) is 0. The zero-order valence-corrected chi connectivity index (χ0v) is 12.3. The minimum atomic E-state index is -4.65. The Bertz CT molecular complexity index is 176. The second-order valence-electron chi connectivity index (χ2n) is 4.07. The summed E-state index contributed by atoms with van der Waals surface area (Å²) in [6, 6.07) is 0.0808. The van der Waals surface area contributed by atoms with Crippen LogP contribution in [0.5, 0.6) is 0 Å². The summed E-state index contributed by atoms with van der Waals surface area (Å²) in [5.41, 5.74) is 0. The Kier molecular flexibility index (Phi) is 6.90. The van der Waals surface area contributed by atoms with Gasteiger partial charge in [-0.25, -0.2) is 0 Å². The Morgan fingerprint density at radius 1 is 1.29 bits per heavy atom. The van der Waals surface area contributed by atoms with Crippen LogP contribution in [0.3, 0.4) is 0 Å². The van der Waals surface area contributed by atoms with Gasteiger partial charge in [0.2, 0.25) is 0 Å². The van der Waals surface area contributed by atoms with E-state index in [4.69, 9.17) is 0 Å². The molecular formula is C8H16BF3KN. The second-order valence-corrected chi connectivity index (χ2v) is 4.07. The van der Waals surface area contributed by atoms with Crippen molar-refractivity contribution in [3.05, 3.63) is 0 Å². The number of halogens is 3. The number of likely N-dealkylation sites (tertiary alicyclic amines) is 1. The van der Waals surface area contributed by atoms with Crippen molar-refractivity contribution in [2.24, 2.45) is 5.92 Å². The van der Waals surface area contributed by atoms with Gasteiger partial charge in [0, 0.05) is 6.04 Å². The number of hydrogen-bond acceptors (Lipinski definition) is 1. The predicted octanol–water partition coefficient (Wildman–Crippen LogP) is -0.503. The molecule has 0 radical (unpaired) electrons. The summed E-state index contributed by atoms with van der Waals surface area (Å²) in [7, 11) is 0. The van der Waals surface area contributed by atoms with E-state index in [0.717, 1.165) is 12.8 Å². The van der Waals surface area contributed by atoms with Crippen LogP contribution in [0.25, 0.3) is 0 Å². The Hall–Kier alpha value is 1.45. The third kappa shape index (κ3) is 4.99. The second kappa shape index (κ2) is 6.25. The smallest absolute Gasteiger partial charge is 0.448 e. The maximum atomic E-state index is 12.2. The van der Waals surface area contributed by atoms with Crippen molar-refractivity contribution in [1.29, 1.82) is 0 Å². The van der Waals surface area contributed by atoms with E-state index in [0.29, 0.717) is 12.5 Å². The number of piperidine rings is 1. The van der Waals surface area contributed by atoms with Crippen LogP contribution < -0.4 is 51.4 Å². The SMILES string of the molecule is CC1CCCN(C[B-](F)(F)F)C1C.[K+]. The molecule has 1 nitrogen and oxygen atoms in total. The zero-order valence-electron chi connectivity index (χ0n) is 9.14. The first-order valence-corrected chi connectivity index (χ1v) is 4.85. The van der Waals surface area contributed by atoms with E-state index in [9.17, 15) is 12.9 Å². The van der Waals surface area contributed by atoms with Crippen LogP contribution in [0.2, 0.25) is 0 Å².